The number of hydrogen-bond acceptors (Lipinski definition) is 6. The zero-order valence-corrected chi connectivity index (χ0v) is 15.2. The van der Waals surface area contributed by atoms with Gasteiger partial charge < -0.3 is 18.6 Å². The van der Waals surface area contributed by atoms with Crippen molar-refractivity contribution in [3.63, 3.8) is 0 Å². The SMILES string of the molecule is C=C1CC[C@]23C(=O)O[C@@H]4O[C@H](c5ccoc5)C[C@]14[C@H]2CCC=C3C(=O)OC. The Labute approximate surface area is 157 Å². The summed E-state index contributed by atoms with van der Waals surface area (Å²) in [6.07, 6.45) is 7.63. The number of carbonyl (C=O) groups excluding carboxylic acids is 2. The first kappa shape index (κ1) is 16.8. The number of furan rings is 1. The Balaban J connectivity index is 1.64. The molecular formula is C21H22O6. The van der Waals surface area contributed by atoms with Gasteiger partial charge in [0.15, 0.2) is 0 Å². The van der Waals surface area contributed by atoms with Crippen LogP contribution in [0.25, 0.3) is 0 Å². The Kier molecular flexibility index (Phi) is 3.47. The first-order chi connectivity index (χ1) is 13.0. The largest absolute Gasteiger partial charge is 0.472 e. The average molecular weight is 370 g/mol. The van der Waals surface area contributed by atoms with Gasteiger partial charge in [0.25, 0.3) is 0 Å². The second-order valence-corrected chi connectivity index (χ2v) is 7.98. The minimum absolute atomic E-state index is 0.0755. The molecule has 3 heterocycles. The molecule has 1 aromatic rings. The summed E-state index contributed by atoms with van der Waals surface area (Å²) < 4.78 is 22.3. The summed E-state index contributed by atoms with van der Waals surface area (Å²) in [4.78, 5) is 25.8. The summed E-state index contributed by atoms with van der Waals surface area (Å²) in [5, 5.41) is 0. The lowest BCUT2D eigenvalue weighted by Gasteiger charge is -2.59. The van der Waals surface area contributed by atoms with Gasteiger partial charge >= 0.3 is 11.9 Å². The highest BCUT2D eigenvalue weighted by molar-refractivity contribution is 5.99. The molecule has 1 aromatic heterocycles. The van der Waals surface area contributed by atoms with Crippen LogP contribution in [0.5, 0.6) is 0 Å². The van der Waals surface area contributed by atoms with Gasteiger partial charge in [-0.2, -0.15) is 0 Å². The zero-order chi connectivity index (χ0) is 18.8. The number of carbonyl (C=O) groups is 2. The first-order valence-electron chi connectivity index (χ1n) is 9.40. The Bertz CT molecular complexity index is 852. The van der Waals surface area contributed by atoms with E-state index in [-0.39, 0.29) is 18.0 Å². The minimum atomic E-state index is -0.961. The summed E-state index contributed by atoms with van der Waals surface area (Å²) in [5.41, 5.74) is 0.985. The molecule has 0 amide bonds. The smallest absolute Gasteiger partial charge is 0.334 e. The molecule has 3 fully saturated rings. The van der Waals surface area contributed by atoms with Gasteiger partial charge in [-0.15, -0.1) is 0 Å². The van der Waals surface area contributed by atoms with Crippen LogP contribution in [0.15, 0.2) is 46.8 Å². The van der Waals surface area contributed by atoms with E-state index in [1.54, 1.807) is 12.5 Å². The molecule has 2 aliphatic heterocycles. The molecule has 1 saturated carbocycles. The third-order valence-electron chi connectivity index (χ3n) is 7.11. The van der Waals surface area contributed by atoms with E-state index >= 15 is 0 Å². The molecule has 0 N–H and O–H groups in total. The second-order valence-electron chi connectivity index (χ2n) is 7.98. The maximum atomic E-state index is 13.2. The number of ether oxygens (including phenoxy) is 3. The normalized spacial score (nSPS) is 39.9. The molecule has 4 aliphatic rings. The predicted octanol–water partition coefficient (Wildman–Crippen LogP) is 3.46. The van der Waals surface area contributed by atoms with E-state index in [1.807, 2.05) is 12.1 Å². The van der Waals surface area contributed by atoms with Gasteiger partial charge in [0, 0.05) is 5.56 Å². The molecule has 142 valence electrons. The van der Waals surface area contributed by atoms with E-state index in [0.29, 0.717) is 24.8 Å². The van der Waals surface area contributed by atoms with E-state index in [9.17, 15) is 9.59 Å². The van der Waals surface area contributed by atoms with E-state index in [0.717, 1.165) is 24.0 Å². The first-order valence-corrected chi connectivity index (χ1v) is 9.40. The molecule has 5 rings (SSSR count). The van der Waals surface area contributed by atoms with E-state index in [4.69, 9.17) is 18.6 Å². The summed E-state index contributed by atoms with van der Waals surface area (Å²) in [6, 6.07) is 1.87. The van der Waals surface area contributed by atoms with Crippen LogP contribution in [0.1, 0.15) is 43.8 Å². The number of rotatable bonds is 2. The molecule has 6 heteroatoms. The summed E-state index contributed by atoms with van der Waals surface area (Å²) in [6.45, 7) is 4.36. The van der Waals surface area contributed by atoms with Crippen LogP contribution >= 0.6 is 0 Å². The van der Waals surface area contributed by atoms with Gasteiger partial charge in [-0.1, -0.05) is 18.2 Å². The number of esters is 2. The molecule has 27 heavy (non-hydrogen) atoms. The Morgan fingerprint density at radius 3 is 3.00 bits per heavy atom. The zero-order valence-electron chi connectivity index (χ0n) is 15.2. The average Bonchev–Trinajstić information content (AvgIpc) is 3.33. The highest BCUT2D eigenvalue weighted by Gasteiger charge is 2.72. The number of allylic oxidation sites excluding steroid dienone is 1. The third kappa shape index (κ3) is 1.94. The lowest BCUT2D eigenvalue weighted by molar-refractivity contribution is -0.241. The van der Waals surface area contributed by atoms with Crippen molar-refractivity contribution in [2.24, 2.45) is 16.7 Å². The van der Waals surface area contributed by atoms with Gasteiger partial charge in [-0.3, -0.25) is 4.79 Å². The van der Waals surface area contributed by atoms with Gasteiger partial charge in [0.05, 0.1) is 36.7 Å². The lowest BCUT2D eigenvalue weighted by Crippen LogP contribution is -2.63. The Hall–Kier alpha value is -2.34. The van der Waals surface area contributed by atoms with Crippen LogP contribution < -0.4 is 0 Å². The molecule has 0 unspecified atom stereocenters. The molecule has 2 bridgehead atoms. The van der Waals surface area contributed by atoms with Crippen molar-refractivity contribution in [2.75, 3.05) is 7.11 Å². The topological polar surface area (TPSA) is 75.0 Å². The maximum absolute atomic E-state index is 13.2. The number of hydrogen-bond donors (Lipinski definition) is 0. The fourth-order valence-corrected chi connectivity index (χ4v) is 5.90. The molecule has 2 aliphatic carbocycles. The van der Waals surface area contributed by atoms with Crippen LogP contribution in [-0.4, -0.2) is 25.3 Å². The summed E-state index contributed by atoms with van der Waals surface area (Å²) >= 11 is 0. The monoisotopic (exact) mass is 370 g/mol. The van der Waals surface area contributed by atoms with Crippen molar-refractivity contribution < 1.29 is 28.2 Å². The van der Waals surface area contributed by atoms with Crippen molar-refractivity contribution in [3.8, 4) is 0 Å². The highest BCUT2D eigenvalue weighted by atomic mass is 16.7. The van der Waals surface area contributed by atoms with Crippen molar-refractivity contribution >= 4 is 11.9 Å². The van der Waals surface area contributed by atoms with Crippen molar-refractivity contribution in [1.29, 1.82) is 0 Å². The minimum Gasteiger partial charge on any atom is -0.472 e. The van der Waals surface area contributed by atoms with E-state index in [1.165, 1.54) is 7.11 Å². The summed E-state index contributed by atoms with van der Waals surface area (Å²) in [7, 11) is 1.35. The van der Waals surface area contributed by atoms with Crippen molar-refractivity contribution in [3.05, 3.63) is 48.0 Å². The lowest BCUT2D eigenvalue weighted by atomic mass is 9.46. The van der Waals surface area contributed by atoms with Crippen LogP contribution in [0.3, 0.4) is 0 Å². The fourth-order valence-electron chi connectivity index (χ4n) is 5.90. The van der Waals surface area contributed by atoms with Gasteiger partial charge in [-0.25, -0.2) is 4.79 Å². The second kappa shape index (κ2) is 5.58. The van der Waals surface area contributed by atoms with Gasteiger partial charge in [0.2, 0.25) is 6.29 Å². The Morgan fingerprint density at radius 1 is 1.41 bits per heavy atom. The van der Waals surface area contributed by atoms with E-state index in [2.05, 4.69) is 6.58 Å². The molecular weight excluding hydrogens is 348 g/mol. The van der Waals surface area contributed by atoms with Crippen LogP contribution in [0, 0.1) is 16.7 Å². The summed E-state index contributed by atoms with van der Waals surface area (Å²) in [5.74, 6) is -0.888. The van der Waals surface area contributed by atoms with E-state index < -0.39 is 23.1 Å². The van der Waals surface area contributed by atoms with Crippen molar-refractivity contribution in [1.82, 2.24) is 0 Å². The quantitative estimate of drug-likeness (QED) is 0.586. The highest BCUT2D eigenvalue weighted by Crippen LogP contribution is 2.70. The molecule has 5 atom stereocenters. The molecule has 0 radical (unpaired) electrons. The predicted molar refractivity (Wildman–Crippen MR) is 93.1 cm³/mol. The van der Waals surface area contributed by atoms with Crippen LogP contribution in [0.2, 0.25) is 0 Å². The van der Waals surface area contributed by atoms with Crippen molar-refractivity contribution in [2.45, 2.75) is 44.5 Å². The van der Waals surface area contributed by atoms with Gasteiger partial charge in [0.1, 0.15) is 5.41 Å². The molecule has 6 nitrogen and oxygen atoms in total. The molecule has 1 spiro atoms. The third-order valence-corrected chi connectivity index (χ3v) is 7.11. The van der Waals surface area contributed by atoms with Gasteiger partial charge in [-0.05, 0) is 44.1 Å². The van der Waals surface area contributed by atoms with Crippen LogP contribution in [0.4, 0.5) is 0 Å². The van der Waals surface area contributed by atoms with Crippen LogP contribution in [-0.2, 0) is 23.8 Å². The number of methoxy groups -OCH3 is 1. The fraction of sp³-hybridized carbons (Fsp3) is 0.524. The molecule has 2 saturated heterocycles. The maximum Gasteiger partial charge on any atom is 0.334 e. The molecule has 0 aromatic carbocycles. The standard InChI is InChI=1S/C21H22O6/c1-12-6-8-20-14(17(22)24-2)4-3-5-16(20)21(12)10-15(13-7-9-25-11-13)26-19(21)27-18(20)23/h4,7,9,11,15-16,19H,1,3,5-6,8,10H2,2H3/t15-,16-,19-,20+,21+/m0/s1. The Morgan fingerprint density at radius 2 is 2.26 bits per heavy atom.